The summed E-state index contributed by atoms with van der Waals surface area (Å²) in [6, 6.07) is 7.65. The number of hydrogen-bond acceptors (Lipinski definition) is 25. The number of fused-ring (bicyclic) bond motifs is 2. The maximum Gasteiger partial charge on any atom is 0.297 e. The number of benzene rings is 4. The number of rotatable bonds is 14. The first-order valence-electron chi connectivity index (χ1n) is 18.4. The van der Waals surface area contributed by atoms with Gasteiger partial charge in [0.25, 0.3) is 60.7 Å². The topological polar surface area (TPSA) is 512 Å². The number of hydrazone groups is 2. The first-order chi connectivity index (χ1) is 33.1. The van der Waals surface area contributed by atoms with E-state index in [1.54, 1.807) is 0 Å². The Labute approximate surface area is 402 Å². The number of phenols is 2. The lowest BCUT2D eigenvalue weighted by Gasteiger charge is -2.21. The van der Waals surface area contributed by atoms with Crippen molar-refractivity contribution >= 4 is 130 Å². The number of aromatic hydroxyl groups is 2. The monoisotopic (exact) mass is 1110 g/mol. The molecule has 1 heterocycles. The molecule has 0 fully saturated rings. The van der Waals surface area contributed by atoms with Crippen molar-refractivity contribution in [1.82, 2.24) is 15.0 Å². The predicted molar refractivity (Wildman–Crippen MR) is 245 cm³/mol. The van der Waals surface area contributed by atoms with E-state index in [2.05, 4.69) is 35.8 Å². The molecule has 0 aliphatic heterocycles. The van der Waals surface area contributed by atoms with E-state index in [1.807, 2.05) is 10.9 Å². The molecule has 12 N–H and O–H groups in total. The molecule has 72 heavy (non-hydrogen) atoms. The van der Waals surface area contributed by atoms with Gasteiger partial charge in [0, 0.05) is 22.3 Å². The molecule has 0 amide bonds. The van der Waals surface area contributed by atoms with Gasteiger partial charge in [-0.15, -0.1) is 0 Å². The Morgan fingerprint density at radius 3 is 1.12 bits per heavy atom. The van der Waals surface area contributed by atoms with Crippen molar-refractivity contribution in [2.75, 3.05) is 21.5 Å². The molecule has 378 valence electrons. The molecule has 2 aliphatic rings. The van der Waals surface area contributed by atoms with E-state index in [1.165, 1.54) is 0 Å². The van der Waals surface area contributed by atoms with Crippen LogP contribution in [-0.2, 0) is 60.7 Å². The molecular weight excluding hydrogens is 1090 g/mol. The molecule has 0 spiro atoms. The number of Topliss-reactive ketones (excluding diaryl/α,β-unsaturated/α-hetero) is 2. The Morgan fingerprint density at radius 2 is 0.806 bits per heavy atom. The summed E-state index contributed by atoms with van der Waals surface area (Å²) in [5.41, 5.74) is -4.23. The van der Waals surface area contributed by atoms with Crippen molar-refractivity contribution in [3.05, 3.63) is 99.1 Å². The van der Waals surface area contributed by atoms with E-state index in [4.69, 9.17) is 0 Å². The number of hydrogen-bond donors (Lipinski definition) is 12. The van der Waals surface area contributed by atoms with Gasteiger partial charge in [0.05, 0.1) is 32.5 Å². The van der Waals surface area contributed by atoms with Gasteiger partial charge < -0.3 is 20.8 Å². The van der Waals surface area contributed by atoms with Gasteiger partial charge in [-0.2, -0.15) is 65.7 Å². The maximum absolute atomic E-state index is 13.7. The maximum atomic E-state index is 13.7. The van der Waals surface area contributed by atoms with Crippen LogP contribution < -0.4 is 21.5 Å². The highest BCUT2D eigenvalue weighted by molar-refractivity contribution is 7.91. The summed E-state index contributed by atoms with van der Waals surface area (Å²) in [5.74, 6) is -5.77. The van der Waals surface area contributed by atoms with Gasteiger partial charge in [0.1, 0.15) is 37.4 Å². The number of phenolic OH excluding ortho intramolecular Hbond substituents is 2. The second-order valence-electron chi connectivity index (χ2n) is 14.2. The molecule has 0 saturated carbocycles. The van der Waals surface area contributed by atoms with E-state index in [0.29, 0.717) is 30.6 Å². The normalized spacial score (nSPS) is 15.6. The predicted octanol–water partition coefficient (Wildman–Crippen LogP) is 1.54. The molecule has 0 atom stereocenters. The Morgan fingerprint density at radius 1 is 0.444 bits per heavy atom. The number of anilines is 6. The van der Waals surface area contributed by atoms with E-state index < -0.39 is 181 Å². The Balaban J connectivity index is 1.26. The first kappa shape index (κ1) is 52.1. The SMILES string of the molecule is O=C1C(=NNc2cc(S(=O)(=O)O)ccc2O)C(S(=O)(=O)O)=Cc2c1ccc(Nc1ncnc(Nc3ccc4c(c3S(=O)(=O)O)C=C(S(=O)(=O)O)C(=NNc3cc(S(=O)(=O)O)ccc3O)C4=O)n1)c2S(=O)(=O)O. The lowest BCUT2D eigenvalue weighted by Crippen LogP contribution is -2.28. The molecule has 0 unspecified atom stereocenters. The highest BCUT2D eigenvalue weighted by Gasteiger charge is 2.39. The van der Waals surface area contributed by atoms with Gasteiger partial charge in [-0.3, -0.25) is 47.8 Å². The minimum absolute atomic E-state index is 0.386. The number of allylic oxidation sites excluding steroid dienone is 2. The molecule has 0 saturated heterocycles. The standard InChI is InChI=1S/C35H25N9O22S6/c45-24-7-1-14(67(49,50)51)9-22(24)41-43-28-26(69(55,56)57)11-18-16(30(28)47)3-5-20(32(18)71(61,62)63)38-34-36-13-37-35(40-34)39-21-6-4-17-19(33(21)72(64,65)66)12-27(70(58,59)60)29(31(17)48)44-42-23-10-15(68(52,53)54)2-8-25(23)46/h1-13,41-42,45-46H,(H,49,50,51)(H,52,53,54)(H,55,56,57)(H,58,59,60)(H,61,62,63)(H,64,65,66)(H2,36,37,38,39,40). The second kappa shape index (κ2) is 18.2. The van der Waals surface area contributed by atoms with Crippen LogP contribution in [0.3, 0.4) is 0 Å². The summed E-state index contributed by atoms with van der Waals surface area (Å²) >= 11 is 0. The third kappa shape index (κ3) is 10.6. The molecule has 5 aromatic rings. The summed E-state index contributed by atoms with van der Waals surface area (Å²) in [6.45, 7) is 0. The Kier molecular flexibility index (Phi) is 13.2. The van der Waals surface area contributed by atoms with Crippen LogP contribution in [-0.4, -0.2) is 126 Å². The molecule has 0 radical (unpaired) electrons. The third-order valence-corrected chi connectivity index (χ3v) is 14.9. The van der Waals surface area contributed by atoms with Crippen LogP contribution in [0.4, 0.5) is 34.6 Å². The Hall–Kier alpha value is -7.69. The fourth-order valence-corrected chi connectivity index (χ4v) is 10.5. The van der Waals surface area contributed by atoms with E-state index in [-0.39, 0.29) is 0 Å². The lowest BCUT2D eigenvalue weighted by molar-refractivity contribution is 0.105. The van der Waals surface area contributed by atoms with E-state index >= 15 is 0 Å². The summed E-state index contributed by atoms with van der Waals surface area (Å²) in [5, 5.41) is 32.1. The van der Waals surface area contributed by atoms with Crippen LogP contribution in [0.15, 0.2) is 107 Å². The molecule has 37 heteroatoms. The lowest BCUT2D eigenvalue weighted by atomic mass is 9.94. The van der Waals surface area contributed by atoms with Gasteiger partial charge in [-0.1, -0.05) is 0 Å². The number of carbonyl (C=O) groups is 2. The average molecular weight is 1120 g/mol. The zero-order chi connectivity index (χ0) is 53.3. The van der Waals surface area contributed by atoms with Crippen molar-refractivity contribution in [1.29, 1.82) is 0 Å². The fourth-order valence-electron chi connectivity index (χ4n) is 6.54. The van der Waals surface area contributed by atoms with E-state index in [9.17, 15) is 97.6 Å². The van der Waals surface area contributed by atoms with Gasteiger partial charge >= 0.3 is 0 Å². The second-order valence-corrected chi connectivity index (χ2v) is 22.6. The van der Waals surface area contributed by atoms with Crippen molar-refractivity contribution in [2.45, 2.75) is 19.6 Å². The zero-order valence-corrected chi connectivity index (χ0v) is 39.4. The highest BCUT2D eigenvalue weighted by atomic mass is 32.2. The number of ketones is 2. The molecule has 1 aromatic heterocycles. The van der Waals surface area contributed by atoms with Gasteiger partial charge in [0.15, 0.2) is 11.4 Å². The van der Waals surface area contributed by atoms with Crippen LogP contribution in [0.1, 0.15) is 31.8 Å². The molecule has 7 rings (SSSR count). The summed E-state index contributed by atoms with van der Waals surface area (Å²) in [4.78, 5) is 32.0. The smallest absolute Gasteiger partial charge is 0.297 e. The number of nitrogens with zero attached hydrogens (tertiary/aromatic N) is 5. The van der Waals surface area contributed by atoms with Gasteiger partial charge in [-0.25, -0.2) is 9.97 Å². The van der Waals surface area contributed by atoms with Crippen LogP contribution in [0, 0.1) is 0 Å². The van der Waals surface area contributed by atoms with Crippen LogP contribution in [0.5, 0.6) is 11.5 Å². The van der Waals surface area contributed by atoms with Crippen LogP contribution in [0.2, 0.25) is 0 Å². The van der Waals surface area contributed by atoms with E-state index in [0.717, 1.165) is 48.5 Å². The molecule has 0 bridgehead atoms. The average Bonchev–Trinajstić information content (AvgIpc) is 3.24. The van der Waals surface area contributed by atoms with Crippen molar-refractivity contribution in [3.63, 3.8) is 0 Å². The number of carbonyl (C=O) groups excluding carboxylic acids is 2. The molecular formula is C35H25N9O22S6. The quantitative estimate of drug-likeness (QED) is 0.0426. The fraction of sp³-hybridized carbons (Fsp3) is 0. The van der Waals surface area contributed by atoms with Crippen LogP contribution >= 0.6 is 0 Å². The summed E-state index contributed by atoms with van der Waals surface area (Å²) in [7, 11) is -32.0. The summed E-state index contributed by atoms with van der Waals surface area (Å²) < 4.78 is 208. The van der Waals surface area contributed by atoms with Crippen molar-refractivity contribution in [3.8, 4) is 11.5 Å². The number of aromatic nitrogens is 3. The Bertz CT molecular complexity index is 3840. The number of nitrogens with one attached hydrogen (secondary N) is 4. The molecule has 2 aliphatic carbocycles. The first-order valence-corrected chi connectivity index (χ1v) is 27.1. The van der Waals surface area contributed by atoms with Crippen molar-refractivity contribution < 1.29 is 97.6 Å². The highest BCUT2D eigenvalue weighted by Crippen LogP contribution is 2.39. The molecule has 31 nitrogen and oxygen atoms in total. The zero-order valence-electron chi connectivity index (χ0n) is 34.5. The molecule has 4 aromatic carbocycles. The van der Waals surface area contributed by atoms with Gasteiger partial charge in [0.2, 0.25) is 23.5 Å². The van der Waals surface area contributed by atoms with Crippen molar-refractivity contribution in [2.24, 2.45) is 10.2 Å². The minimum atomic E-state index is -5.56. The van der Waals surface area contributed by atoms with Crippen LogP contribution in [0.25, 0.3) is 12.2 Å². The third-order valence-electron chi connectivity index (χ3n) is 9.57. The summed E-state index contributed by atoms with van der Waals surface area (Å²) in [6.07, 6.45) is 1.47. The van der Waals surface area contributed by atoms with Gasteiger partial charge in [-0.05, 0) is 72.8 Å². The minimum Gasteiger partial charge on any atom is -0.506 e. The largest absolute Gasteiger partial charge is 0.506 e.